The first-order chi connectivity index (χ1) is 7.61. The SMILES string of the molecule is Clc1ccccc1Cl.Clc1ccccc1Cl. The van der Waals surface area contributed by atoms with E-state index in [2.05, 4.69) is 0 Å². The van der Waals surface area contributed by atoms with Gasteiger partial charge in [-0.3, -0.25) is 0 Å². The van der Waals surface area contributed by atoms with Crippen molar-refractivity contribution < 1.29 is 0 Å². The molecule has 0 aliphatic carbocycles. The fraction of sp³-hybridized carbons (Fsp3) is 0. The molecule has 0 saturated carbocycles. The minimum Gasteiger partial charge on any atom is -0.0827 e. The Morgan fingerprint density at radius 3 is 0.750 bits per heavy atom. The van der Waals surface area contributed by atoms with Gasteiger partial charge in [-0.2, -0.15) is 0 Å². The Morgan fingerprint density at radius 2 is 0.625 bits per heavy atom. The minimum atomic E-state index is 0.606. The van der Waals surface area contributed by atoms with Crippen LogP contribution in [0, 0.1) is 0 Å². The maximum Gasteiger partial charge on any atom is 0.0592 e. The smallest absolute Gasteiger partial charge is 0.0592 e. The van der Waals surface area contributed by atoms with Crippen LogP contribution in [0.3, 0.4) is 0 Å². The summed E-state index contributed by atoms with van der Waals surface area (Å²) in [5, 5.41) is 2.42. The number of benzene rings is 2. The summed E-state index contributed by atoms with van der Waals surface area (Å²) in [6, 6.07) is 14.4. The van der Waals surface area contributed by atoms with Crippen molar-refractivity contribution in [3.05, 3.63) is 68.6 Å². The average Bonchev–Trinajstić information content (AvgIpc) is 2.28. The van der Waals surface area contributed by atoms with Crippen LogP contribution in [0.4, 0.5) is 0 Å². The van der Waals surface area contributed by atoms with E-state index < -0.39 is 0 Å². The number of hydrogen-bond acceptors (Lipinski definition) is 0. The van der Waals surface area contributed by atoms with Crippen LogP contribution < -0.4 is 0 Å². The van der Waals surface area contributed by atoms with E-state index in [0.717, 1.165) is 0 Å². The third-order valence-corrected chi connectivity index (χ3v) is 3.16. The van der Waals surface area contributed by atoms with Crippen molar-refractivity contribution in [3.63, 3.8) is 0 Å². The zero-order valence-electron chi connectivity index (χ0n) is 8.13. The monoisotopic (exact) mass is 292 g/mol. The lowest BCUT2D eigenvalue weighted by Gasteiger charge is -1.88. The van der Waals surface area contributed by atoms with E-state index in [9.17, 15) is 0 Å². The molecule has 0 radical (unpaired) electrons. The van der Waals surface area contributed by atoms with Gasteiger partial charge in [-0.1, -0.05) is 70.7 Å². The average molecular weight is 294 g/mol. The van der Waals surface area contributed by atoms with Crippen LogP contribution in [0.15, 0.2) is 48.5 Å². The Bertz CT molecular complexity index is 369. The molecule has 2 aromatic rings. The van der Waals surface area contributed by atoms with E-state index in [1.807, 2.05) is 24.3 Å². The first-order valence-corrected chi connectivity index (χ1v) is 5.92. The molecule has 0 aromatic heterocycles. The quantitative estimate of drug-likeness (QED) is 0.560. The molecule has 0 aliphatic rings. The molecule has 2 rings (SSSR count). The maximum atomic E-state index is 5.58. The first kappa shape index (κ1) is 13.7. The van der Waals surface area contributed by atoms with E-state index >= 15 is 0 Å². The summed E-state index contributed by atoms with van der Waals surface area (Å²) in [6.07, 6.45) is 0. The molecule has 0 spiro atoms. The van der Waals surface area contributed by atoms with Crippen LogP contribution in [-0.2, 0) is 0 Å². The van der Waals surface area contributed by atoms with Gasteiger partial charge in [-0.15, -0.1) is 0 Å². The van der Waals surface area contributed by atoms with Crippen molar-refractivity contribution >= 4 is 46.4 Å². The summed E-state index contributed by atoms with van der Waals surface area (Å²) in [7, 11) is 0. The Balaban J connectivity index is 0.000000160. The molecule has 84 valence electrons. The molecule has 0 amide bonds. The molecule has 0 aliphatic heterocycles. The van der Waals surface area contributed by atoms with Gasteiger partial charge in [0.25, 0.3) is 0 Å². The summed E-state index contributed by atoms with van der Waals surface area (Å²) in [6.45, 7) is 0. The molecule has 0 unspecified atom stereocenters. The maximum absolute atomic E-state index is 5.58. The van der Waals surface area contributed by atoms with Crippen molar-refractivity contribution in [2.45, 2.75) is 0 Å². The predicted octanol–water partition coefficient (Wildman–Crippen LogP) is 5.99. The highest BCUT2D eigenvalue weighted by molar-refractivity contribution is 6.42. The zero-order chi connectivity index (χ0) is 12.0. The van der Waals surface area contributed by atoms with E-state index in [-0.39, 0.29) is 0 Å². The molecule has 0 N–H and O–H groups in total. The third-order valence-electron chi connectivity index (χ3n) is 1.65. The van der Waals surface area contributed by atoms with Gasteiger partial charge >= 0.3 is 0 Å². The van der Waals surface area contributed by atoms with Gasteiger partial charge in [-0.25, -0.2) is 0 Å². The standard InChI is InChI=1S/2C6H4Cl2/c2*7-5-3-1-2-4-6(5)8/h2*1-4H. The second-order valence-corrected chi connectivity index (χ2v) is 4.46. The first-order valence-electron chi connectivity index (χ1n) is 4.41. The Morgan fingerprint density at radius 1 is 0.438 bits per heavy atom. The molecular formula is C12H8Cl4. The zero-order valence-corrected chi connectivity index (χ0v) is 11.2. The van der Waals surface area contributed by atoms with Crippen LogP contribution in [0.1, 0.15) is 0 Å². The molecule has 2 aromatic carbocycles. The second kappa shape index (κ2) is 7.03. The molecule has 0 saturated heterocycles. The molecule has 0 fully saturated rings. The van der Waals surface area contributed by atoms with Crippen LogP contribution in [-0.4, -0.2) is 0 Å². The van der Waals surface area contributed by atoms with Gasteiger partial charge in [0, 0.05) is 0 Å². The fourth-order valence-corrected chi connectivity index (χ4v) is 1.42. The summed E-state index contributed by atoms with van der Waals surface area (Å²) in [5.74, 6) is 0. The summed E-state index contributed by atoms with van der Waals surface area (Å²) in [5.41, 5.74) is 0. The van der Waals surface area contributed by atoms with Gasteiger partial charge in [0.1, 0.15) is 0 Å². The molecule has 0 nitrogen and oxygen atoms in total. The topological polar surface area (TPSA) is 0 Å². The highest BCUT2D eigenvalue weighted by Gasteiger charge is 1.89. The highest BCUT2D eigenvalue weighted by atomic mass is 35.5. The predicted molar refractivity (Wildman–Crippen MR) is 72.9 cm³/mol. The van der Waals surface area contributed by atoms with E-state index in [1.165, 1.54) is 0 Å². The number of hydrogen-bond donors (Lipinski definition) is 0. The van der Waals surface area contributed by atoms with Crippen LogP contribution in [0.25, 0.3) is 0 Å². The Kier molecular flexibility index (Phi) is 6.00. The highest BCUT2D eigenvalue weighted by Crippen LogP contribution is 2.19. The Hall–Kier alpha value is -0.400. The lowest BCUT2D eigenvalue weighted by atomic mass is 10.4. The van der Waals surface area contributed by atoms with Gasteiger partial charge in [0.05, 0.1) is 20.1 Å². The largest absolute Gasteiger partial charge is 0.0827 e. The van der Waals surface area contributed by atoms with Crippen molar-refractivity contribution in [1.82, 2.24) is 0 Å². The molecule has 0 heterocycles. The number of rotatable bonds is 0. The lowest BCUT2D eigenvalue weighted by Crippen LogP contribution is -1.62. The molecule has 0 bridgehead atoms. The molecule has 0 atom stereocenters. The van der Waals surface area contributed by atoms with Crippen molar-refractivity contribution in [2.75, 3.05) is 0 Å². The fourth-order valence-electron chi connectivity index (χ4n) is 0.879. The van der Waals surface area contributed by atoms with Crippen LogP contribution >= 0.6 is 46.4 Å². The normalized spacial score (nSPS) is 9.25. The van der Waals surface area contributed by atoms with E-state index in [0.29, 0.717) is 20.1 Å². The third kappa shape index (κ3) is 4.63. The van der Waals surface area contributed by atoms with E-state index in [1.54, 1.807) is 24.3 Å². The van der Waals surface area contributed by atoms with Gasteiger partial charge in [0.15, 0.2) is 0 Å². The molecule has 16 heavy (non-hydrogen) atoms. The van der Waals surface area contributed by atoms with Crippen molar-refractivity contribution in [3.8, 4) is 0 Å². The van der Waals surface area contributed by atoms with Gasteiger partial charge in [-0.05, 0) is 24.3 Å². The van der Waals surface area contributed by atoms with Crippen LogP contribution in [0.2, 0.25) is 20.1 Å². The van der Waals surface area contributed by atoms with Gasteiger partial charge < -0.3 is 0 Å². The van der Waals surface area contributed by atoms with Crippen molar-refractivity contribution in [1.29, 1.82) is 0 Å². The summed E-state index contributed by atoms with van der Waals surface area (Å²) in [4.78, 5) is 0. The molecular weight excluding hydrogens is 286 g/mol. The second-order valence-electron chi connectivity index (χ2n) is 2.83. The summed E-state index contributed by atoms with van der Waals surface area (Å²) < 4.78 is 0. The summed E-state index contributed by atoms with van der Waals surface area (Å²) >= 11 is 22.3. The van der Waals surface area contributed by atoms with Gasteiger partial charge in [0.2, 0.25) is 0 Å². The van der Waals surface area contributed by atoms with Crippen LogP contribution in [0.5, 0.6) is 0 Å². The molecule has 4 heteroatoms. The Labute approximate surface area is 115 Å². The van der Waals surface area contributed by atoms with Crippen molar-refractivity contribution in [2.24, 2.45) is 0 Å². The van der Waals surface area contributed by atoms with E-state index in [4.69, 9.17) is 46.4 Å². The minimum absolute atomic E-state index is 0.606. The number of halogens is 4. The lowest BCUT2D eigenvalue weighted by molar-refractivity contribution is 1.71.